The number of carboxylic acid groups (broad SMARTS) is 1. The summed E-state index contributed by atoms with van der Waals surface area (Å²) in [5.41, 5.74) is 0.804. The van der Waals surface area contributed by atoms with Crippen molar-refractivity contribution in [3.05, 3.63) is 35.9 Å². The Morgan fingerprint density at radius 1 is 1.37 bits per heavy atom. The molecule has 1 aromatic rings. The topological polar surface area (TPSA) is 64.3 Å². The lowest BCUT2D eigenvalue weighted by molar-refractivity contribution is -0.139. The van der Waals surface area contributed by atoms with E-state index < -0.39 is 11.9 Å². The molecule has 0 aliphatic carbocycles. The van der Waals surface area contributed by atoms with E-state index >= 15 is 0 Å². The first-order valence-corrected chi connectivity index (χ1v) is 6.48. The van der Waals surface area contributed by atoms with Gasteiger partial charge >= 0.3 is 5.97 Å². The summed E-state index contributed by atoms with van der Waals surface area (Å²) in [6, 6.07) is 11.4. The van der Waals surface area contributed by atoms with Crippen molar-refractivity contribution in [1.82, 2.24) is 4.90 Å². The zero-order valence-corrected chi connectivity index (χ0v) is 11.4. The monoisotopic (exact) mass is 260 g/mol. The van der Waals surface area contributed by atoms with Gasteiger partial charge in [-0.15, -0.1) is 0 Å². The number of carbonyl (C=O) groups is 1. The van der Waals surface area contributed by atoms with Gasteiger partial charge in [0.15, 0.2) is 0 Å². The summed E-state index contributed by atoms with van der Waals surface area (Å²) in [5, 5.41) is 18.2. The second-order valence-electron chi connectivity index (χ2n) is 4.68. The first kappa shape index (κ1) is 15.2. The molecule has 0 saturated carbocycles. The van der Waals surface area contributed by atoms with Crippen LogP contribution in [0, 0.1) is 17.2 Å². The number of benzene rings is 1. The second-order valence-corrected chi connectivity index (χ2v) is 4.68. The van der Waals surface area contributed by atoms with Crippen LogP contribution in [-0.4, -0.2) is 35.6 Å². The normalized spacial score (nSPS) is 13.8. The molecule has 0 fully saturated rings. The Kier molecular flexibility index (Phi) is 6.04. The maximum atomic E-state index is 11.4. The van der Waals surface area contributed by atoms with Gasteiger partial charge in [0.2, 0.25) is 0 Å². The summed E-state index contributed by atoms with van der Waals surface area (Å²) in [5.74, 6) is -1.47. The van der Waals surface area contributed by atoms with Gasteiger partial charge in [-0.2, -0.15) is 5.26 Å². The molecule has 2 unspecified atom stereocenters. The molecule has 0 aliphatic heterocycles. The highest BCUT2D eigenvalue weighted by Gasteiger charge is 2.23. The standard InChI is InChI=1S/C15H20N2O2/c1-3-17(10-12(2)9-16)11-14(15(18)19)13-7-5-4-6-8-13/h4-8,12,14H,3,10-11H2,1-2H3,(H,18,19). The number of nitriles is 1. The number of aliphatic carboxylic acids is 1. The third-order valence-corrected chi connectivity index (χ3v) is 3.14. The summed E-state index contributed by atoms with van der Waals surface area (Å²) >= 11 is 0. The fourth-order valence-corrected chi connectivity index (χ4v) is 2.03. The van der Waals surface area contributed by atoms with E-state index in [0.717, 1.165) is 12.1 Å². The van der Waals surface area contributed by atoms with Crippen LogP contribution in [0.5, 0.6) is 0 Å². The predicted octanol–water partition coefficient (Wildman–Crippen LogP) is 2.34. The van der Waals surface area contributed by atoms with Crippen molar-refractivity contribution in [2.24, 2.45) is 5.92 Å². The molecule has 0 amide bonds. The fourth-order valence-electron chi connectivity index (χ4n) is 2.03. The first-order valence-electron chi connectivity index (χ1n) is 6.48. The van der Waals surface area contributed by atoms with Crippen molar-refractivity contribution in [2.45, 2.75) is 19.8 Å². The van der Waals surface area contributed by atoms with Crippen molar-refractivity contribution < 1.29 is 9.90 Å². The average molecular weight is 260 g/mol. The van der Waals surface area contributed by atoms with Crippen molar-refractivity contribution in [3.8, 4) is 6.07 Å². The van der Waals surface area contributed by atoms with Crippen molar-refractivity contribution in [1.29, 1.82) is 5.26 Å². The van der Waals surface area contributed by atoms with Crippen LogP contribution >= 0.6 is 0 Å². The SMILES string of the molecule is CCN(CC(C)C#N)CC(C(=O)O)c1ccccc1. The fraction of sp³-hybridized carbons (Fsp3) is 0.467. The van der Waals surface area contributed by atoms with E-state index in [1.54, 1.807) is 0 Å². The second kappa shape index (κ2) is 7.55. The van der Waals surface area contributed by atoms with E-state index in [2.05, 4.69) is 6.07 Å². The Morgan fingerprint density at radius 2 is 2.00 bits per heavy atom. The molecule has 0 heterocycles. The quantitative estimate of drug-likeness (QED) is 0.817. The molecular weight excluding hydrogens is 240 g/mol. The van der Waals surface area contributed by atoms with Crippen LogP contribution in [0.3, 0.4) is 0 Å². The van der Waals surface area contributed by atoms with Crippen LogP contribution in [-0.2, 0) is 4.79 Å². The van der Waals surface area contributed by atoms with Crippen LogP contribution in [0.4, 0.5) is 0 Å². The Hall–Kier alpha value is -1.86. The summed E-state index contributed by atoms with van der Waals surface area (Å²) in [6.07, 6.45) is 0. The van der Waals surface area contributed by atoms with Crippen LogP contribution in [0.15, 0.2) is 30.3 Å². The number of likely N-dealkylation sites (N-methyl/N-ethyl adjacent to an activating group) is 1. The molecule has 19 heavy (non-hydrogen) atoms. The molecule has 0 radical (unpaired) electrons. The lowest BCUT2D eigenvalue weighted by Gasteiger charge is -2.25. The molecule has 0 saturated heterocycles. The molecule has 0 aliphatic rings. The zero-order valence-electron chi connectivity index (χ0n) is 11.4. The van der Waals surface area contributed by atoms with E-state index in [1.165, 1.54) is 0 Å². The van der Waals surface area contributed by atoms with E-state index in [4.69, 9.17) is 5.26 Å². The minimum atomic E-state index is -0.825. The van der Waals surface area contributed by atoms with Gasteiger partial charge < -0.3 is 10.0 Å². The minimum absolute atomic E-state index is 0.0924. The van der Waals surface area contributed by atoms with E-state index in [9.17, 15) is 9.90 Å². The van der Waals surface area contributed by atoms with Crippen LogP contribution in [0.25, 0.3) is 0 Å². The lowest BCUT2D eigenvalue weighted by Crippen LogP contribution is -2.34. The lowest BCUT2D eigenvalue weighted by atomic mass is 9.98. The van der Waals surface area contributed by atoms with Gasteiger partial charge in [-0.05, 0) is 19.0 Å². The summed E-state index contributed by atoms with van der Waals surface area (Å²) in [4.78, 5) is 13.4. The molecule has 4 heteroatoms. The molecule has 2 atom stereocenters. The molecule has 1 N–H and O–H groups in total. The van der Waals surface area contributed by atoms with Crippen LogP contribution < -0.4 is 0 Å². The molecule has 0 spiro atoms. The molecule has 102 valence electrons. The molecule has 1 aromatic carbocycles. The van der Waals surface area contributed by atoms with Gasteiger partial charge in [-0.1, -0.05) is 37.3 Å². The number of hydrogen-bond donors (Lipinski definition) is 1. The van der Waals surface area contributed by atoms with Gasteiger partial charge in [0.05, 0.1) is 17.9 Å². The smallest absolute Gasteiger partial charge is 0.312 e. The van der Waals surface area contributed by atoms with Crippen molar-refractivity contribution >= 4 is 5.97 Å². The Balaban J connectivity index is 2.78. The van der Waals surface area contributed by atoms with Gasteiger partial charge in [-0.3, -0.25) is 4.79 Å². The highest BCUT2D eigenvalue weighted by atomic mass is 16.4. The molecule has 1 rings (SSSR count). The van der Waals surface area contributed by atoms with Gasteiger partial charge in [0.25, 0.3) is 0 Å². The highest BCUT2D eigenvalue weighted by Crippen LogP contribution is 2.18. The molecular formula is C15H20N2O2. The highest BCUT2D eigenvalue weighted by molar-refractivity contribution is 5.76. The summed E-state index contributed by atoms with van der Waals surface area (Å²) in [7, 11) is 0. The van der Waals surface area contributed by atoms with E-state index in [1.807, 2.05) is 49.1 Å². The molecule has 0 bridgehead atoms. The maximum absolute atomic E-state index is 11.4. The number of nitrogens with zero attached hydrogens (tertiary/aromatic N) is 2. The third kappa shape index (κ3) is 4.72. The van der Waals surface area contributed by atoms with Crippen molar-refractivity contribution in [2.75, 3.05) is 19.6 Å². The first-order chi connectivity index (χ1) is 9.08. The third-order valence-electron chi connectivity index (χ3n) is 3.14. The summed E-state index contributed by atoms with van der Waals surface area (Å²) in [6.45, 7) is 5.60. The van der Waals surface area contributed by atoms with Crippen LogP contribution in [0.2, 0.25) is 0 Å². The number of carboxylic acids is 1. The zero-order chi connectivity index (χ0) is 14.3. The van der Waals surface area contributed by atoms with E-state index in [-0.39, 0.29) is 5.92 Å². The largest absolute Gasteiger partial charge is 0.481 e. The Labute approximate surface area is 114 Å². The van der Waals surface area contributed by atoms with E-state index in [0.29, 0.717) is 13.1 Å². The Bertz CT molecular complexity index is 439. The molecule has 4 nitrogen and oxygen atoms in total. The maximum Gasteiger partial charge on any atom is 0.312 e. The van der Waals surface area contributed by atoms with Crippen molar-refractivity contribution in [3.63, 3.8) is 0 Å². The van der Waals surface area contributed by atoms with Gasteiger partial charge in [-0.25, -0.2) is 0 Å². The average Bonchev–Trinajstić information content (AvgIpc) is 2.43. The molecule has 0 aromatic heterocycles. The van der Waals surface area contributed by atoms with Crippen LogP contribution in [0.1, 0.15) is 25.3 Å². The Morgan fingerprint density at radius 3 is 2.47 bits per heavy atom. The minimum Gasteiger partial charge on any atom is -0.481 e. The van der Waals surface area contributed by atoms with Gasteiger partial charge in [0, 0.05) is 13.1 Å². The van der Waals surface area contributed by atoms with Gasteiger partial charge in [0.1, 0.15) is 0 Å². The number of hydrogen-bond acceptors (Lipinski definition) is 3. The predicted molar refractivity (Wildman–Crippen MR) is 73.7 cm³/mol. The number of rotatable bonds is 7. The summed E-state index contributed by atoms with van der Waals surface area (Å²) < 4.78 is 0.